The van der Waals surface area contributed by atoms with Crippen LogP contribution >= 0.6 is 11.6 Å². The molecule has 0 radical (unpaired) electrons. The smallest absolute Gasteiger partial charge is 0.0611 e. The number of hydrogen-bond donors (Lipinski definition) is 0. The van der Waals surface area contributed by atoms with Crippen LogP contribution in [0.4, 0.5) is 0 Å². The number of rotatable bonds is 1. The van der Waals surface area contributed by atoms with Crippen LogP contribution in [0.1, 0.15) is 20.8 Å². The Balaban J connectivity index is 2.71. The third kappa shape index (κ3) is 1.78. The molecule has 1 nitrogen and oxygen atoms in total. The SMILES string of the molecule is C/C=C1\CN(C(C)C)C=C1Cl. The molecule has 1 rings (SSSR count). The largest absolute Gasteiger partial charge is 0.369 e. The third-order valence-corrected chi connectivity index (χ3v) is 2.29. The van der Waals surface area contributed by atoms with Crippen LogP contribution in [0.25, 0.3) is 0 Å². The molecule has 11 heavy (non-hydrogen) atoms. The maximum absolute atomic E-state index is 5.97. The molecule has 0 amide bonds. The lowest BCUT2D eigenvalue weighted by molar-refractivity contribution is 0.350. The molecule has 1 aliphatic rings. The molecule has 0 atom stereocenters. The molecule has 0 N–H and O–H groups in total. The number of halogens is 1. The molecule has 0 bridgehead atoms. The number of allylic oxidation sites excluding steroid dienone is 1. The zero-order valence-corrected chi connectivity index (χ0v) is 8.02. The highest BCUT2D eigenvalue weighted by molar-refractivity contribution is 6.32. The van der Waals surface area contributed by atoms with Crippen LogP contribution < -0.4 is 0 Å². The van der Waals surface area contributed by atoms with Crippen LogP contribution in [0, 0.1) is 0 Å². The van der Waals surface area contributed by atoms with Gasteiger partial charge in [-0.05, 0) is 26.3 Å². The zero-order valence-electron chi connectivity index (χ0n) is 7.26. The molecule has 1 heterocycles. The highest BCUT2D eigenvalue weighted by atomic mass is 35.5. The van der Waals surface area contributed by atoms with Gasteiger partial charge in [0.05, 0.1) is 5.03 Å². The summed E-state index contributed by atoms with van der Waals surface area (Å²) in [5.74, 6) is 0. The van der Waals surface area contributed by atoms with Gasteiger partial charge >= 0.3 is 0 Å². The minimum atomic E-state index is 0.543. The average molecular weight is 172 g/mol. The van der Waals surface area contributed by atoms with Gasteiger partial charge in [0.1, 0.15) is 0 Å². The van der Waals surface area contributed by atoms with E-state index in [-0.39, 0.29) is 0 Å². The average Bonchev–Trinajstić information content (AvgIpc) is 2.31. The van der Waals surface area contributed by atoms with Crippen LogP contribution in [0.5, 0.6) is 0 Å². The molecule has 0 unspecified atom stereocenters. The maximum Gasteiger partial charge on any atom is 0.0611 e. The Bertz CT molecular complexity index is 204. The van der Waals surface area contributed by atoms with E-state index in [9.17, 15) is 0 Å². The number of hydrogen-bond acceptors (Lipinski definition) is 1. The molecule has 0 aliphatic carbocycles. The van der Waals surface area contributed by atoms with Crippen LogP contribution in [0.3, 0.4) is 0 Å². The van der Waals surface area contributed by atoms with E-state index < -0.39 is 0 Å². The second kappa shape index (κ2) is 3.31. The first kappa shape index (κ1) is 8.66. The molecular weight excluding hydrogens is 158 g/mol. The van der Waals surface area contributed by atoms with Crippen molar-refractivity contribution in [3.63, 3.8) is 0 Å². The molecule has 0 saturated heterocycles. The minimum absolute atomic E-state index is 0.543. The lowest BCUT2D eigenvalue weighted by Crippen LogP contribution is -2.23. The summed E-state index contributed by atoms with van der Waals surface area (Å²) < 4.78 is 0. The predicted molar refractivity (Wildman–Crippen MR) is 49.5 cm³/mol. The van der Waals surface area contributed by atoms with Crippen LogP contribution in [-0.4, -0.2) is 17.5 Å². The summed E-state index contributed by atoms with van der Waals surface area (Å²) in [4.78, 5) is 2.23. The fraction of sp³-hybridized carbons (Fsp3) is 0.556. The highest BCUT2D eigenvalue weighted by Gasteiger charge is 2.16. The van der Waals surface area contributed by atoms with E-state index in [4.69, 9.17) is 11.6 Å². The van der Waals surface area contributed by atoms with Crippen molar-refractivity contribution in [2.75, 3.05) is 6.54 Å². The van der Waals surface area contributed by atoms with Crippen LogP contribution in [0.15, 0.2) is 22.9 Å². The Kier molecular flexibility index (Phi) is 2.61. The van der Waals surface area contributed by atoms with Gasteiger partial charge in [0.2, 0.25) is 0 Å². The molecule has 0 spiro atoms. The lowest BCUT2D eigenvalue weighted by atomic mass is 10.2. The van der Waals surface area contributed by atoms with E-state index in [0.717, 1.165) is 11.6 Å². The minimum Gasteiger partial charge on any atom is -0.369 e. The highest BCUT2D eigenvalue weighted by Crippen LogP contribution is 2.25. The van der Waals surface area contributed by atoms with E-state index in [2.05, 4.69) is 24.8 Å². The van der Waals surface area contributed by atoms with Gasteiger partial charge in [-0.3, -0.25) is 0 Å². The second-order valence-electron chi connectivity index (χ2n) is 3.06. The Labute approximate surface area is 73.3 Å². The Morgan fingerprint density at radius 3 is 2.55 bits per heavy atom. The second-order valence-corrected chi connectivity index (χ2v) is 3.46. The fourth-order valence-electron chi connectivity index (χ4n) is 1.11. The monoisotopic (exact) mass is 171 g/mol. The van der Waals surface area contributed by atoms with Crippen molar-refractivity contribution >= 4 is 11.6 Å². The van der Waals surface area contributed by atoms with Gasteiger partial charge in [0.25, 0.3) is 0 Å². The summed E-state index contributed by atoms with van der Waals surface area (Å²) in [6.07, 6.45) is 4.09. The lowest BCUT2D eigenvalue weighted by Gasteiger charge is -2.19. The van der Waals surface area contributed by atoms with Crippen molar-refractivity contribution in [2.45, 2.75) is 26.8 Å². The summed E-state index contributed by atoms with van der Waals surface area (Å²) in [5, 5.41) is 0.890. The summed E-state index contributed by atoms with van der Waals surface area (Å²) in [5.41, 5.74) is 1.24. The third-order valence-electron chi connectivity index (χ3n) is 1.95. The maximum atomic E-state index is 5.97. The molecule has 0 saturated carbocycles. The standard InChI is InChI=1S/C9H14ClN/c1-4-8-5-11(7(2)3)6-9(8)10/h4,6-7H,5H2,1-3H3/b8-4+. The molecule has 1 aliphatic heterocycles. The van der Waals surface area contributed by atoms with Crippen LogP contribution in [-0.2, 0) is 0 Å². The van der Waals surface area contributed by atoms with E-state index in [0.29, 0.717) is 6.04 Å². The van der Waals surface area contributed by atoms with Gasteiger partial charge in [-0.15, -0.1) is 0 Å². The topological polar surface area (TPSA) is 3.24 Å². The fourth-order valence-corrected chi connectivity index (χ4v) is 1.40. The van der Waals surface area contributed by atoms with Crippen LogP contribution in [0.2, 0.25) is 0 Å². The van der Waals surface area contributed by atoms with E-state index >= 15 is 0 Å². The number of nitrogens with zero attached hydrogens (tertiary/aromatic N) is 1. The summed E-state index contributed by atoms with van der Waals surface area (Å²) in [7, 11) is 0. The first-order valence-corrected chi connectivity index (χ1v) is 4.31. The normalized spacial score (nSPS) is 21.7. The summed E-state index contributed by atoms with van der Waals surface area (Å²) in [6.45, 7) is 7.32. The van der Waals surface area contributed by atoms with Crippen molar-refractivity contribution in [3.05, 3.63) is 22.9 Å². The molecule has 2 heteroatoms. The zero-order chi connectivity index (χ0) is 8.43. The molecule has 62 valence electrons. The first-order chi connectivity index (χ1) is 5.15. The molecule has 0 fully saturated rings. The quantitative estimate of drug-likeness (QED) is 0.587. The summed E-state index contributed by atoms with van der Waals surface area (Å²) >= 11 is 5.97. The Hall–Kier alpha value is -0.430. The molecule has 0 aromatic rings. The van der Waals surface area contributed by atoms with Crippen molar-refractivity contribution in [1.82, 2.24) is 4.90 Å². The van der Waals surface area contributed by atoms with Crippen molar-refractivity contribution in [1.29, 1.82) is 0 Å². The van der Waals surface area contributed by atoms with E-state index in [1.165, 1.54) is 5.57 Å². The molecular formula is C9H14ClN. The Morgan fingerprint density at radius 1 is 1.64 bits per heavy atom. The van der Waals surface area contributed by atoms with Gasteiger partial charge in [-0.25, -0.2) is 0 Å². The van der Waals surface area contributed by atoms with Crippen molar-refractivity contribution in [2.24, 2.45) is 0 Å². The van der Waals surface area contributed by atoms with Crippen molar-refractivity contribution in [3.8, 4) is 0 Å². The van der Waals surface area contributed by atoms with Gasteiger partial charge in [0.15, 0.2) is 0 Å². The summed E-state index contributed by atoms with van der Waals surface area (Å²) in [6, 6.07) is 0.543. The Morgan fingerprint density at radius 2 is 2.27 bits per heavy atom. The van der Waals surface area contributed by atoms with Gasteiger partial charge in [0, 0.05) is 18.8 Å². The van der Waals surface area contributed by atoms with Gasteiger partial charge in [-0.1, -0.05) is 17.7 Å². The van der Waals surface area contributed by atoms with Gasteiger partial charge < -0.3 is 4.90 Å². The first-order valence-electron chi connectivity index (χ1n) is 3.93. The molecule has 0 aromatic heterocycles. The van der Waals surface area contributed by atoms with Gasteiger partial charge in [-0.2, -0.15) is 0 Å². The van der Waals surface area contributed by atoms with E-state index in [1.54, 1.807) is 0 Å². The van der Waals surface area contributed by atoms with E-state index in [1.807, 2.05) is 13.1 Å². The predicted octanol–water partition coefficient (Wildman–Crippen LogP) is 2.74. The van der Waals surface area contributed by atoms with Crippen molar-refractivity contribution < 1.29 is 0 Å². The molecule has 0 aromatic carbocycles.